The van der Waals surface area contributed by atoms with E-state index in [2.05, 4.69) is 9.80 Å². The zero-order valence-corrected chi connectivity index (χ0v) is 25.5. The van der Waals surface area contributed by atoms with Gasteiger partial charge in [0.1, 0.15) is 5.82 Å². The number of nitro groups is 1. The van der Waals surface area contributed by atoms with Gasteiger partial charge >= 0.3 is 5.97 Å². The molecule has 2 aliphatic heterocycles. The van der Waals surface area contributed by atoms with Gasteiger partial charge in [0, 0.05) is 55.1 Å². The Morgan fingerprint density at radius 3 is 2.47 bits per heavy atom. The minimum Gasteiger partial charge on any atom is -0.463 e. The van der Waals surface area contributed by atoms with Crippen molar-refractivity contribution in [3.8, 4) is 0 Å². The number of carbonyl (C=O) groups excluding carboxylic acids is 1. The molecule has 1 aromatic heterocycles. The normalized spacial score (nSPS) is 17.2. The standard InChI is InChI=1S/C33H30FN5O5S/c1-3-44-32(41)28-29(21-7-5-4-6-8-21)35-33-38(30(28)22-9-11-24(34)12-10-22)31(40)27(45-33)20-23-19-25(39(42)43)13-14-26(23)37-17-15-36(2)16-18-37/h4-14,19-20,30H,3,15-18H2,1-2H3/b27-20+/t30-/m0/s1. The lowest BCUT2D eigenvalue weighted by molar-refractivity contribution is -0.384. The van der Waals surface area contributed by atoms with Gasteiger partial charge in [0.05, 0.1) is 33.4 Å². The number of benzene rings is 3. The van der Waals surface area contributed by atoms with Crippen molar-refractivity contribution in [1.29, 1.82) is 0 Å². The molecule has 230 valence electrons. The lowest BCUT2D eigenvalue weighted by atomic mass is 9.93. The highest BCUT2D eigenvalue weighted by molar-refractivity contribution is 7.07. The topological polar surface area (TPSA) is 110 Å². The third-order valence-corrected chi connectivity index (χ3v) is 8.89. The molecule has 0 aliphatic carbocycles. The van der Waals surface area contributed by atoms with Crippen molar-refractivity contribution in [2.45, 2.75) is 13.0 Å². The first-order chi connectivity index (χ1) is 21.7. The summed E-state index contributed by atoms with van der Waals surface area (Å²) < 4.78 is 21.2. The SMILES string of the molecule is CCOC(=O)C1=C(c2ccccc2)N=c2s/c(=C/c3cc([N+](=O)[O-])ccc3N3CCN(C)CC3)c(=O)n2[C@H]1c1ccc(F)cc1. The van der Waals surface area contributed by atoms with Gasteiger partial charge in [0.25, 0.3) is 11.2 Å². The molecule has 3 heterocycles. The number of non-ortho nitro benzene ring substituents is 1. The van der Waals surface area contributed by atoms with E-state index < -0.39 is 28.3 Å². The summed E-state index contributed by atoms with van der Waals surface area (Å²) in [6.45, 7) is 4.91. The largest absolute Gasteiger partial charge is 0.463 e. The van der Waals surface area contributed by atoms with Crippen LogP contribution in [0.3, 0.4) is 0 Å². The van der Waals surface area contributed by atoms with Crippen molar-refractivity contribution in [3.05, 3.63) is 131 Å². The minimum absolute atomic E-state index is 0.0907. The summed E-state index contributed by atoms with van der Waals surface area (Å²) in [7, 11) is 2.04. The Balaban J connectivity index is 1.60. The van der Waals surface area contributed by atoms with Gasteiger partial charge in [-0.25, -0.2) is 14.2 Å². The predicted octanol–water partition coefficient (Wildman–Crippen LogP) is 3.73. The number of nitrogens with zero attached hydrogens (tertiary/aromatic N) is 5. The van der Waals surface area contributed by atoms with E-state index in [-0.39, 0.29) is 22.4 Å². The van der Waals surface area contributed by atoms with Crippen LogP contribution in [0.15, 0.2) is 88.2 Å². The summed E-state index contributed by atoms with van der Waals surface area (Å²) in [4.78, 5) is 48.6. The summed E-state index contributed by atoms with van der Waals surface area (Å²) >= 11 is 1.13. The summed E-state index contributed by atoms with van der Waals surface area (Å²) in [5.41, 5.74) is 2.46. The highest BCUT2D eigenvalue weighted by Crippen LogP contribution is 2.35. The molecule has 10 nitrogen and oxygen atoms in total. The molecule has 0 amide bonds. The maximum Gasteiger partial charge on any atom is 0.338 e. The fourth-order valence-electron chi connectivity index (χ4n) is 5.65. The third-order valence-electron chi connectivity index (χ3n) is 7.91. The lowest BCUT2D eigenvalue weighted by Crippen LogP contribution is -2.44. The molecular weight excluding hydrogens is 597 g/mol. The highest BCUT2D eigenvalue weighted by Gasteiger charge is 2.35. The zero-order chi connectivity index (χ0) is 31.7. The van der Waals surface area contributed by atoms with Gasteiger partial charge in [-0.15, -0.1) is 0 Å². The molecule has 4 aromatic rings. The van der Waals surface area contributed by atoms with E-state index in [0.29, 0.717) is 27.2 Å². The number of halogens is 1. The van der Waals surface area contributed by atoms with Crippen LogP contribution in [0.1, 0.15) is 29.7 Å². The first kappa shape index (κ1) is 30.1. The van der Waals surface area contributed by atoms with E-state index in [0.717, 1.165) is 43.2 Å². The number of hydrogen-bond acceptors (Lipinski definition) is 9. The number of rotatable bonds is 7. The molecule has 1 fully saturated rings. The second kappa shape index (κ2) is 12.6. The fourth-order valence-corrected chi connectivity index (χ4v) is 6.64. The Morgan fingerprint density at radius 1 is 1.09 bits per heavy atom. The summed E-state index contributed by atoms with van der Waals surface area (Å²) in [6, 6.07) is 18.5. The number of thiazole rings is 1. The monoisotopic (exact) mass is 627 g/mol. The van der Waals surface area contributed by atoms with E-state index in [1.807, 2.05) is 37.4 Å². The second-order valence-electron chi connectivity index (χ2n) is 10.8. The summed E-state index contributed by atoms with van der Waals surface area (Å²) in [6.07, 6.45) is 1.66. The van der Waals surface area contributed by atoms with Gasteiger partial charge in [-0.3, -0.25) is 19.5 Å². The van der Waals surface area contributed by atoms with Crippen molar-refractivity contribution in [1.82, 2.24) is 9.47 Å². The maximum absolute atomic E-state index is 14.3. The number of piperazine rings is 1. The number of ether oxygens (including phenoxy) is 1. The smallest absolute Gasteiger partial charge is 0.338 e. The average Bonchev–Trinajstić information content (AvgIpc) is 3.35. The molecular formula is C33H30FN5O5S. The van der Waals surface area contributed by atoms with Crippen molar-refractivity contribution in [2.24, 2.45) is 4.99 Å². The maximum atomic E-state index is 14.3. The zero-order valence-electron chi connectivity index (χ0n) is 24.7. The molecule has 1 atom stereocenters. The predicted molar refractivity (Wildman–Crippen MR) is 170 cm³/mol. The number of fused-ring (bicyclic) bond motifs is 1. The molecule has 6 rings (SSSR count). The molecule has 0 saturated carbocycles. The number of carbonyl (C=O) groups is 1. The first-order valence-electron chi connectivity index (χ1n) is 14.5. The number of aromatic nitrogens is 1. The van der Waals surface area contributed by atoms with Crippen LogP contribution in [-0.2, 0) is 9.53 Å². The molecule has 0 N–H and O–H groups in total. The fraction of sp³-hybridized carbons (Fsp3) is 0.242. The Kier molecular flexibility index (Phi) is 8.42. The Bertz CT molecular complexity index is 1980. The van der Waals surface area contributed by atoms with E-state index in [4.69, 9.17) is 9.73 Å². The van der Waals surface area contributed by atoms with E-state index >= 15 is 0 Å². The van der Waals surface area contributed by atoms with Crippen LogP contribution in [0.2, 0.25) is 0 Å². The molecule has 0 radical (unpaired) electrons. The minimum atomic E-state index is -0.958. The summed E-state index contributed by atoms with van der Waals surface area (Å²) in [5, 5.41) is 11.7. The molecule has 2 aliphatic rings. The molecule has 12 heteroatoms. The van der Waals surface area contributed by atoms with Crippen LogP contribution in [0.25, 0.3) is 11.8 Å². The Hall–Kier alpha value is -4.94. The number of anilines is 1. The van der Waals surface area contributed by atoms with Crippen LogP contribution >= 0.6 is 11.3 Å². The van der Waals surface area contributed by atoms with Gasteiger partial charge in [0.2, 0.25) is 0 Å². The Morgan fingerprint density at radius 2 is 1.80 bits per heavy atom. The van der Waals surface area contributed by atoms with Gasteiger partial charge in [0.15, 0.2) is 4.80 Å². The van der Waals surface area contributed by atoms with E-state index in [1.165, 1.54) is 41.0 Å². The van der Waals surface area contributed by atoms with Crippen LogP contribution in [0, 0.1) is 15.9 Å². The Labute approximate surface area is 261 Å². The van der Waals surface area contributed by atoms with Gasteiger partial charge < -0.3 is 14.5 Å². The molecule has 3 aromatic carbocycles. The van der Waals surface area contributed by atoms with Gasteiger partial charge in [-0.1, -0.05) is 53.8 Å². The number of esters is 1. The quantitative estimate of drug-likeness (QED) is 0.175. The van der Waals surface area contributed by atoms with E-state index in [9.17, 15) is 24.1 Å². The molecule has 1 saturated heterocycles. The van der Waals surface area contributed by atoms with Crippen molar-refractivity contribution in [2.75, 3.05) is 44.7 Å². The van der Waals surface area contributed by atoms with Gasteiger partial charge in [-0.05, 0) is 43.8 Å². The number of nitro benzene ring substituents is 1. The number of hydrogen-bond donors (Lipinski definition) is 0. The molecule has 0 spiro atoms. The van der Waals surface area contributed by atoms with Crippen molar-refractivity contribution in [3.63, 3.8) is 0 Å². The van der Waals surface area contributed by atoms with Crippen LogP contribution < -0.4 is 19.8 Å². The van der Waals surface area contributed by atoms with Crippen LogP contribution in [0.5, 0.6) is 0 Å². The first-order valence-corrected chi connectivity index (χ1v) is 15.3. The van der Waals surface area contributed by atoms with Crippen LogP contribution in [-0.4, -0.2) is 60.2 Å². The average molecular weight is 628 g/mol. The molecule has 0 bridgehead atoms. The molecule has 0 unspecified atom stereocenters. The number of likely N-dealkylation sites (N-methyl/N-ethyl adjacent to an activating group) is 1. The second-order valence-corrected chi connectivity index (χ2v) is 11.8. The van der Waals surface area contributed by atoms with Crippen molar-refractivity contribution >= 4 is 40.5 Å². The third kappa shape index (κ3) is 5.94. The molecule has 45 heavy (non-hydrogen) atoms. The van der Waals surface area contributed by atoms with Crippen LogP contribution in [0.4, 0.5) is 15.8 Å². The highest BCUT2D eigenvalue weighted by atomic mass is 32.1. The van der Waals surface area contributed by atoms with E-state index in [1.54, 1.807) is 19.1 Å². The van der Waals surface area contributed by atoms with Gasteiger partial charge in [-0.2, -0.15) is 0 Å². The summed E-state index contributed by atoms with van der Waals surface area (Å²) in [5.74, 6) is -1.10. The lowest BCUT2D eigenvalue weighted by Gasteiger charge is -2.34. The van der Waals surface area contributed by atoms with Crippen molar-refractivity contribution < 1.29 is 18.8 Å².